The molecule has 1 atom stereocenters. The molecule has 2 nitrogen and oxygen atoms in total. The second-order valence-electron chi connectivity index (χ2n) is 3.89. The quantitative estimate of drug-likeness (QED) is 0.747. The van der Waals surface area contributed by atoms with Crippen LogP contribution in [0.2, 0.25) is 0 Å². The van der Waals surface area contributed by atoms with Gasteiger partial charge in [-0.05, 0) is 25.8 Å². The summed E-state index contributed by atoms with van der Waals surface area (Å²) in [6.45, 7) is -2.12. The lowest BCUT2D eigenvalue weighted by Gasteiger charge is -2.29. The van der Waals surface area contributed by atoms with Crippen LogP contribution in [0.3, 0.4) is 0 Å². The van der Waals surface area contributed by atoms with Crippen molar-refractivity contribution >= 4 is 0 Å². The molecule has 1 N–H and O–H groups in total. The molecule has 0 radical (unpaired) electrons. The van der Waals surface area contributed by atoms with Gasteiger partial charge in [0.25, 0.3) is 0 Å². The molecule has 1 rings (SSSR count). The molecule has 4 heteroatoms. The molecule has 1 unspecified atom stereocenters. The molecule has 0 spiro atoms. The number of likely N-dealkylation sites (N-methyl/N-ethyl adjacent to an activating group) is 1. The SMILES string of the molecule is CNCC(OC(F)F)C1CCCCC1. The molecule has 1 fully saturated rings. The Bertz CT molecular complexity index is 149. The molecule has 0 saturated heterocycles. The fourth-order valence-electron chi connectivity index (χ4n) is 2.17. The van der Waals surface area contributed by atoms with E-state index in [1.54, 1.807) is 7.05 Å². The highest BCUT2D eigenvalue weighted by molar-refractivity contribution is 4.75. The molecule has 0 heterocycles. The Morgan fingerprint density at radius 2 is 1.93 bits per heavy atom. The molecule has 0 aromatic carbocycles. The average Bonchev–Trinajstić information content (AvgIpc) is 2.18. The van der Waals surface area contributed by atoms with E-state index in [1.807, 2.05) is 0 Å². The van der Waals surface area contributed by atoms with Crippen LogP contribution in [0, 0.1) is 5.92 Å². The Morgan fingerprint density at radius 3 is 2.43 bits per heavy atom. The van der Waals surface area contributed by atoms with Gasteiger partial charge >= 0.3 is 6.61 Å². The Labute approximate surface area is 84.0 Å². The lowest BCUT2D eigenvalue weighted by atomic mass is 9.85. The summed E-state index contributed by atoms with van der Waals surface area (Å²) in [6.07, 6.45) is 5.27. The van der Waals surface area contributed by atoms with E-state index < -0.39 is 6.61 Å². The fourth-order valence-corrected chi connectivity index (χ4v) is 2.17. The summed E-state index contributed by atoms with van der Waals surface area (Å²) >= 11 is 0. The van der Waals surface area contributed by atoms with Crippen molar-refractivity contribution in [1.29, 1.82) is 0 Å². The van der Waals surface area contributed by atoms with Crippen LogP contribution in [0.25, 0.3) is 0 Å². The van der Waals surface area contributed by atoms with E-state index in [0.29, 0.717) is 12.5 Å². The van der Waals surface area contributed by atoms with Crippen molar-refractivity contribution in [1.82, 2.24) is 5.32 Å². The van der Waals surface area contributed by atoms with E-state index in [4.69, 9.17) is 0 Å². The summed E-state index contributed by atoms with van der Waals surface area (Å²) < 4.78 is 28.9. The average molecular weight is 207 g/mol. The van der Waals surface area contributed by atoms with Crippen molar-refractivity contribution in [2.75, 3.05) is 13.6 Å². The van der Waals surface area contributed by atoms with E-state index in [0.717, 1.165) is 25.7 Å². The van der Waals surface area contributed by atoms with Crippen LogP contribution >= 0.6 is 0 Å². The highest BCUT2D eigenvalue weighted by atomic mass is 19.3. The van der Waals surface area contributed by atoms with Crippen molar-refractivity contribution in [2.45, 2.75) is 44.8 Å². The summed E-state index contributed by atoms with van der Waals surface area (Å²) in [4.78, 5) is 0. The van der Waals surface area contributed by atoms with Gasteiger partial charge in [-0.15, -0.1) is 0 Å². The number of hydrogen-bond acceptors (Lipinski definition) is 2. The first-order chi connectivity index (χ1) is 6.74. The molecule has 1 saturated carbocycles. The van der Waals surface area contributed by atoms with Gasteiger partial charge in [-0.25, -0.2) is 0 Å². The predicted octanol–water partition coefficient (Wildman–Crippen LogP) is 2.39. The minimum Gasteiger partial charge on any atom is -0.318 e. The van der Waals surface area contributed by atoms with Gasteiger partial charge < -0.3 is 10.1 Å². The fraction of sp³-hybridized carbons (Fsp3) is 1.00. The van der Waals surface area contributed by atoms with Crippen LogP contribution in [0.4, 0.5) is 8.78 Å². The van der Waals surface area contributed by atoms with Gasteiger partial charge in [0.05, 0.1) is 6.10 Å². The van der Waals surface area contributed by atoms with Crippen molar-refractivity contribution in [3.63, 3.8) is 0 Å². The molecule has 0 aromatic rings. The van der Waals surface area contributed by atoms with Crippen LogP contribution in [-0.4, -0.2) is 26.3 Å². The molecule has 84 valence electrons. The van der Waals surface area contributed by atoms with Crippen LogP contribution in [0.5, 0.6) is 0 Å². The smallest absolute Gasteiger partial charge is 0.318 e. The van der Waals surface area contributed by atoms with Gasteiger partial charge in [0.1, 0.15) is 0 Å². The highest BCUT2D eigenvalue weighted by Crippen LogP contribution is 2.28. The van der Waals surface area contributed by atoms with Crippen molar-refractivity contribution in [3.05, 3.63) is 0 Å². The van der Waals surface area contributed by atoms with Crippen LogP contribution in [-0.2, 0) is 4.74 Å². The maximum Gasteiger partial charge on any atom is 0.345 e. The van der Waals surface area contributed by atoms with E-state index >= 15 is 0 Å². The maximum absolute atomic E-state index is 12.1. The number of hydrogen-bond donors (Lipinski definition) is 1. The van der Waals surface area contributed by atoms with Gasteiger partial charge in [-0.2, -0.15) is 8.78 Å². The minimum atomic E-state index is -2.64. The normalized spacial score (nSPS) is 21.4. The van der Waals surface area contributed by atoms with Gasteiger partial charge in [-0.3, -0.25) is 0 Å². The Kier molecular flexibility index (Phi) is 5.33. The second-order valence-corrected chi connectivity index (χ2v) is 3.89. The lowest BCUT2D eigenvalue weighted by molar-refractivity contribution is -0.177. The largest absolute Gasteiger partial charge is 0.345 e. The molecule has 0 amide bonds. The number of rotatable bonds is 5. The zero-order chi connectivity index (χ0) is 10.4. The van der Waals surface area contributed by atoms with E-state index in [9.17, 15) is 8.78 Å². The number of halogens is 2. The minimum absolute atomic E-state index is 0.310. The maximum atomic E-state index is 12.1. The third-order valence-electron chi connectivity index (χ3n) is 2.86. The zero-order valence-corrected chi connectivity index (χ0v) is 8.64. The summed E-state index contributed by atoms with van der Waals surface area (Å²) in [5.74, 6) is 0.310. The molecular formula is C10H19F2NO. The van der Waals surface area contributed by atoms with Crippen LogP contribution < -0.4 is 5.32 Å². The highest BCUT2D eigenvalue weighted by Gasteiger charge is 2.26. The number of alkyl halides is 2. The van der Waals surface area contributed by atoms with Crippen molar-refractivity contribution < 1.29 is 13.5 Å². The molecular weight excluding hydrogens is 188 g/mol. The second kappa shape index (κ2) is 6.30. The lowest BCUT2D eigenvalue weighted by Crippen LogP contribution is -2.36. The standard InChI is InChI=1S/C10H19F2NO/c1-13-7-9(14-10(11)12)8-5-3-2-4-6-8/h8-10,13H,2-7H2,1H3. The number of ether oxygens (including phenoxy) is 1. The summed E-state index contributed by atoms with van der Waals surface area (Å²) in [5.41, 5.74) is 0. The summed E-state index contributed by atoms with van der Waals surface area (Å²) in [7, 11) is 1.77. The first kappa shape index (κ1) is 11.9. The zero-order valence-electron chi connectivity index (χ0n) is 8.64. The third-order valence-corrected chi connectivity index (χ3v) is 2.86. The topological polar surface area (TPSA) is 21.3 Å². The molecule has 0 aromatic heterocycles. The van der Waals surface area contributed by atoms with Gasteiger partial charge in [0.2, 0.25) is 0 Å². The van der Waals surface area contributed by atoms with Crippen LogP contribution in [0.1, 0.15) is 32.1 Å². The monoisotopic (exact) mass is 207 g/mol. The molecule has 0 bridgehead atoms. The molecule has 1 aliphatic carbocycles. The van der Waals surface area contributed by atoms with Crippen molar-refractivity contribution in [2.24, 2.45) is 5.92 Å². The molecule has 14 heavy (non-hydrogen) atoms. The Hall–Kier alpha value is -0.220. The first-order valence-electron chi connectivity index (χ1n) is 5.32. The third kappa shape index (κ3) is 3.88. The first-order valence-corrected chi connectivity index (χ1v) is 5.32. The van der Waals surface area contributed by atoms with Crippen LogP contribution in [0.15, 0.2) is 0 Å². The van der Waals surface area contributed by atoms with E-state index in [2.05, 4.69) is 10.1 Å². The summed E-state index contributed by atoms with van der Waals surface area (Å²) in [5, 5.41) is 2.91. The van der Waals surface area contributed by atoms with Crippen molar-refractivity contribution in [3.8, 4) is 0 Å². The number of nitrogens with one attached hydrogen (secondary N) is 1. The Morgan fingerprint density at radius 1 is 1.29 bits per heavy atom. The molecule has 0 aliphatic heterocycles. The van der Waals surface area contributed by atoms with Gasteiger partial charge in [0.15, 0.2) is 0 Å². The van der Waals surface area contributed by atoms with E-state index in [1.165, 1.54) is 6.42 Å². The van der Waals surface area contributed by atoms with Gasteiger partial charge in [0, 0.05) is 6.54 Å². The molecule has 1 aliphatic rings. The van der Waals surface area contributed by atoms with E-state index in [-0.39, 0.29) is 6.10 Å². The predicted molar refractivity (Wildman–Crippen MR) is 51.4 cm³/mol. The van der Waals surface area contributed by atoms with Gasteiger partial charge in [-0.1, -0.05) is 19.3 Å². The summed E-state index contributed by atoms with van der Waals surface area (Å²) in [6, 6.07) is 0. The Balaban J connectivity index is 2.38.